The fourth-order valence-electron chi connectivity index (χ4n) is 1.97. The summed E-state index contributed by atoms with van der Waals surface area (Å²) >= 11 is 0. The van der Waals surface area contributed by atoms with Crippen LogP contribution in [0.15, 0.2) is 24.3 Å². The fourth-order valence-corrected chi connectivity index (χ4v) is 1.97. The molecule has 1 fully saturated rings. The summed E-state index contributed by atoms with van der Waals surface area (Å²) in [6.45, 7) is 1.82. The number of non-ortho nitro benzene ring substituents is 1. The van der Waals surface area contributed by atoms with Crippen LogP contribution in [0.2, 0.25) is 0 Å². The maximum Gasteiger partial charge on any atom is 0.269 e. The molecule has 1 heterocycles. The molecule has 1 aromatic rings. The van der Waals surface area contributed by atoms with Crippen molar-refractivity contribution in [2.75, 3.05) is 13.1 Å². The van der Waals surface area contributed by atoms with Crippen LogP contribution >= 0.6 is 12.4 Å². The van der Waals surface area contributed by atoms with Gasteiger partial charge in [0.15, 0.2) is 0 Å². The normalized spacial score (nSPS) is 15.4. The summed E-state index contributed by atoms with van der Waals surface area (Å²) in [5, 5.41) is 16.7. The van der Waals surface area contributed by atoms with Gasteiger partial charge in [-0.25, -0.2) is 0 Å². The van der Waals surface area contributed by atoms with E-state index in [1.54, 1.807) is 0 Å². The van der Waals surface area contributed by atoms with Gasteiger partial charge in [-0.05, 0) is 38.1 Å². The van der Waals surface area contributed by atoms with Crippen molar-refractivity contribution in [2.24, 2.45) is 0 Å². The lowest BCUT2D eigenvalue weighted by Gasteiger charge is -2.23. The smallest absolute Gasteiger partial charge is 0.269 e. The minimum atomic E-state index is -0.478. The van der Waals surface area contributed by atoms with E-state index >= 15 is 0 Å². The van der Waals surface area contributed by atoms with E-state index in [4.69, 9.17) is 0 Å². The second-order valence-electron chi connectivity index (χ2n) is 4.30. The standard InChI is InChI=1S/C12H15N3O3.ClH/c16-12(14-10-5-7-13-8-6-10)9-1-3-11(4-2-9)15(17)18;/h1-4,10,13H,5-8H2,(H,14,16);1H. The second-order valence-corrected chi connectivity index (χ2v) is 4.30. The number of halogens is 1. The number of hydrogen-bond donors (Lipinski definition) is 2. The molecule has 0 aromatic heterocycles. The lowest BCUT2D eigenvalue weighted by Crippen LogP contribution is -2.42. The van der Waals surface area contributed by atoms with E-state index in [0.29, 0.717) is 5.56 Å². The molecule has 0 bridgehead atoms. The van der Waals surface area contributed by atoms with Gasteiger partial charge in [0.1, 0.15) is 0 Å². The van der Waals surface area contributed by atoms with Crippen molar-refractivity contribution in [3.05, 3.63) is 39.9 Å². The Morgan fingerprint density at radius 2 is 1.84 bits per heavy atom. The number of nitro benzene ring substituents is 1. The topological polar surface area (TPSA) is 84.3 Å². The molecule has 1 amide bonds. The number of rotatable bonds is 3. The fraction of sp³-hybridized carbons (Fsp3) is 0.417. The average molecular weight is 286 g/mol. The first-order valence-electron chi connectivity index (χ1n) is 5.93. The van der Waals surface area contributed by atoms with Crippen LogP contribution in [0.1, 0.15) is 23.2 Å². The average Bonchev–Trinajstić information content (AvgIpc) is 2.40. The van der Waals surface area contributed by atoms with Crippen LogP contribution < -0.4 is 10.6 Å². The van der Waals surface area contributed by atoms with Gasteiger partial charge in [-0.2, -0.15) is 0 Å². The molecule has 7 heteroatoms. The number of piperidine rings is 1. The van der Waals surface area contributed by atoms with Crippen LogP contribution in [-0.4, -0.2) is 30.0 Å². The molecule has 1 aliphatic heterocycles. The second kappa shape index (κ2) is 7.06. The van der Waals surface area contributed by atoms with Crippen LogP contribution in [0.25, 0.3) is 0 Å². The van der Waals surface area contributed by atoms with Crippen molar-refractivity contribution in [3.8, 4) is 0 Å². The van der Waals surface area contributed by atoms with E-state index in [1.807, 2.05) is 0 Å². The summed E-state index contributed by atoms with van der Waals surface area (Å²) in [7, 11) is 0. The van der Waals surface area contributed by atoms with Crippen LogP contribution in [0.4, 0.5) is 5.69 Å². The third-order valence-electron chi connectivity index (χ3n) is 3.01. The Balaban J connectivity index is 0.00000180. The number of nitrogens with zero attached hydrogens (tertiary/aromatic N) is 1. The molecule has 0 spiro atoms. The third kappa shape index (κ3) is 4.18. The number of nitro groups is 1. The Hall–Kier alpha value is -1.66. The van der Waals surface area contributed by atoms with Gasteiger partial charge in [0.2, 0.25) is 0 Å². The van der Waals surface area contributed by atoms with Crippen LogP contribution in [0.3, 0.4) is 0 Å². The van der Waals surface area contributed by atoms with Crippen LogP contribution in [-0.2, 0) is 0 Å². The highest BCUT2D eigenvalue weighted by Gasteiger charge is 2.16. The highest BCUT2D eigenvalue weighted by atomic mass is 35.5. The van der Waals surface area contributed by atoms with Crippen molar-refractivity contribution in [1.82, 2.24) is 10.6 Å². The largest absolute Gasteiger partial charge is 0.349 e. The predicted octanol–water partition coefficient (Wildman–Crippen LogP) is 1.50. The molecule has 0 radical (unpaired) electrons. The summed E-state index contributed by atoms with van der Waals surface area (Å²) in [5.41, 5.74) is 0.451. The number of hydrogen-bond acceptors (Lipinski definition) is 4. The van der Waals surface area contributed by atoms with E-state index in [0.717, 1.165) is 25.9 Å². The van der Waals surface area contributed by atoms with Gasteiger partial charge in [0.25, 0.3) is 11.6 Å². The lowest BCUT2D eigenvalue weighted by atomic mass is 10.1. The molecule has 6 nitrogen and oxygen atoms in total. The van der Waals surface area contributed by atoms with Gasteiger partial charge in [-0.3, -0.25) is 14.9 Å². The first kappa shape index (κ1) is 15.4. The SMILES string of the molecule is Cl.O=C(NC1CCNCC1)c1ccc([N+](=O)[O-])cc1. The summed E-state index contributed by atoms with van der Waals surface area (Å²) in [5.74, 6) is -0.170. The number of carbonyl (C=O) groups is 1. The molecular formula is C12H16ClN3O3. The minimum absolute atomic E-state index is 0. The summed E-state index contributed by atoms with van der Waals surface area (Å²) in [6.07, 6.45) is 1.83. The van der Waals surface area contributed by atoms with Gasteiger partial charge in [-0.1, -0.05) is 0 Å². The van der Waals surface area contributed by atoms with Crippen molar-refractivity contribution in [1.29, 1.82) is 0 Å². The molecule has 1 aromatic carbocycles. The van der Waals surface area contributed by atoms with Gasteiger partial charge in [0.05, 0.1) is 4.92 Å². The molecule has 0 atom stereocenters. The molecule has 2 rings (SSSR count). The van der Waals surface area contributed by atoms with Gasteiger partial charge < -0.3 is 10.6 Å². The zero-order valence-electron chi connectivity index (χ0n) is 10.3. The molecular weight excluding hydrogens is 270 g/mol. The Labute approximate surface area is 117 Å². The van der Waals surface area contributed by atoms with Crippen LogP contribution in [0, 0.1) is 10.1 Å². The molecule has 19 heavy (non-hydrogen) atoms. The minimum Gasteiger partial charge on any atom is -0.349 e. The number of benzene rings is 1. The molecule has 2 N–H and O–H groups in total. The molecule has 0 aliphatic carbocycles. The van der Waals surface area contributed by atoms with Gasteiger partial charge >= 0.3 is 0 Å². The first-order chi connectivity index (χ1) is 8.66. The first-order valence-corrected chi connectivity index (χ1v) is 5.93. The Morgan fingerprint density at radius 3 is 2.37 bits per heavy atom. The van der Waals surface area contributed by atoms with E-state index in [9.17, 15) is 14.9 Å². The van der Waals surface area contributed by atoms with Crippen molar-refractivity contribution >= 4 is 24.0 Å². The molecule has 0 unspecified atom stereocenters. The zero-order chi connectivity index (χ0) is 13.0. The maximum absolute atomic E-state index is 11.9. The maximum atomic E-state index is 11.9. The summed E-state index contributed by atoms with van der Waals surface area (Å²) in [4.78, 5) is 21.9. The van der Waals surface area contributed by atoms with Gasteiger partial charge in [-0.15, -0.1) is 12.4 Å². The molecule has 1 saturated heterocycles. The Kier molecular flexibility index (Phi) is 5.72. The highest BCUT2D eigenvalue weighted by molar-refractivity contribution is 5.94. The quantitative estimate of drug-likeness (QED) is 0.651. The predicted molar refractivity (Wildman–Crippen MR) is 73.7 cm³/mol. The van der Waals surface area contributed by atoms with E-state index in [2.05, 4.69) is 10.6 Å². The number of nitrogens with one attached hydrogen (secondary N) is 2. The molecule has 0 saturated carbocycles. The monoisotopic (exact) mass is 285 g/mol. The Morgan fingerprint density at radius 1 is 1.26 bits per heavy atom. The molecule has 104 valence electrons. The summed E-state index contributed by atoms with van der Waals surface area (Å²) < 4.78 is 0. The van der Waals surface area contributed by atoms with Gasteiger partial charge in [0, 0.05) is 23.7 Å². The van der Waals surface area contributed by atoms with Crippen molar-refractivity contribution in [3.63, 3.8) is 0 Å². The van der Waals surface area contributed by atoms with Crippen LogP contribution in [0.5, 0.6) is 0 Å². The van der Waals surface area contributed by atoms with E-state index < -0.39 is 4.92 Å². The van der Waals surface area contributed by atoms with Crippen molar-refractivity contribution in [2.45, 2.75) is 18.9 Å². The molecule has 1 aliphatic rings. The summed E-state index contributed by atoms with van der Waals surface area (Å²) in [6, 6.07) is 5.84. The van der Waals surface area contributed by atoms with E-state index in [1.165, 1.54) is 24.3 Å². The Bertz CT molecular complexity index is 444. The lowest BCUT2D eigenvalue weighted by molar-refractivity contribution is -0.384. The van der Waals surface area contributed by atoms with E-state index in [-0.39, 0.29) is 30.0 Å². The third-order valence-corrected chi connectivity index (χ3v) is 3.01. The number of amides is 1. The number of carbonyl (C=O) groups excluding carboxylic acids is 1. The highest BCUT2D eigenvalue weighted by Crippen LogP contribution is 2.12. The van der Waals surface area contributed by atoms with Crippen molar-refractivity contribution < 1.29 is 9.72 Å². The zero-order valence-corrected chi connectivity index (χ0v) is 11.1.